The number of methoxy groups -OCH3 is 2. The van der Waals surface area contributed by atoms with Crippen molar-refractivity contribution in [3.05, 3.63) is 47.7 Å². The number of benzene rings is 2. The number of fused-ring (bicyclic) bond motifs is 1. The van der Waals surface area contributed by atoms with Crippen LogP contribution in [0.1, 0.15) is 18.9 Å². The molecular formula is C20H23N3O5S. The number of ether oxygens (including phenoxy) is 2. The Morgan fingerprint density at radius 1 is 1.03 bits per heavy atom. The van der Waals surface area contributed by atoms with Crippen molar-refractivity contribution in [3.63, 3.8) is 0 Å². The topological polar surface area (TPSA) is 106 Å². The van der Waals surface area contributed by atoms with E-state index in [4.69, 9.17) is 9.47 Å². The van der Waals surface area contributed by atoms with E-state index in [1.54, 1.807) is 50.6 Å². The first kappa shape index (κ1) is 20.5. The molecule has 0 fully saturated rings. The Kier molecular flexibility index (Phi) is 5.69. The van der Waals surface area contributed by atoms with Gasteiger partial charge in [0.1, 0.15) is 0 Å². The third-order valence-corrected chi connectivity index (χ3v) is 5.01. The molecule has 0 saturated heterocycles. The highest BCUT2D eigenvalue weighted by Gasteiger charge is 2.29. The van der Waals surface area contributed by atoms with Gasteiger partial charge in [0.25, 0.3) is 5.91 Å². The van der Waals surface area contributed by atoms with Gasteiger partial charge in [-0.15, -0.1) is 0 Å². The van der Waals surface area contributed by atoms with Crippen molar-refractivity contribution in [2.75, 3.05) is 35.8 Å². The summed E-state index contributed by atoms with van der Waals surface area (Å²) < 4.78 is 35.8. The van der Waals surface area contributed by atoms with Crippen molar-refractivity contribution in [2.45, 2.75) is 13.3 Å². The number of allylic oxidation sites excluding steroid dienone is 1. The Bertz CT molecular complexity index is 1080. The summed E-state index contributed by atoms with van der Waals surface area (Å²) in [5, 5.41) is 6.13. The highest BCUT2D eigenvalue weighted by Crippen LogP contribution is 2.42. The monoisotopic (exact) mass is 417 g/mol. The van der Waals surface area contributed by atoms with Crippen molar-refractivity contribution in [1.29, 1.82) is 0 Å². The van der Waals surface area contributed by atoms with E-state index >= 15 is 0 Å². The normalized spacial score (nSPS) is 14.7. The van der Waals surface area contributed by atoms with Crippen LogP contribution < -0.4 is 24.8 Å². The van der Waals surface area contributed by atoms with E-state index in [1.165, 1.54) is 0 Å². The van der Waals surface area contributed by atoms with Gasteiger partial charge in [-0.25, -0.2) is 8.42 Å². The molecule has 1 aliphatic rings. The summed E-state index contributed by atoms with van der Waals surface area (Å²) in [5.41, 5.74) is 3.84. The van der Waals surface area contributed by atoms with E-state index < -0.39 is 10.0 Å². The van der Waals surface area contributed by atoms with Gasteiger partial charge in [0.2, 0.25) is 10.0 Å². The average molecular weight is 417 g/mol. The molecule has 0 aliphatic carbocycles. The van der Waals surface area contributed by atoms with Gasteiger partial charge in [-0.3, -0.25) is 9.52 Å². The van der Waals surface area contributed by atoms with Crippen LogP contribution in [0.5, 0.6) is 11.5 Å². The lowest BCUT2D eigenvalue weighted by atomic mass is 10.0. The fraction of sp³-hybridized carbons (Fsp3) is 0.250. The molecule has 0 aromatic heterocycles. The highest BCUT2D eigenvalue weighted by atomic mass is 32.2. The van der Waals surface area contributed by atoms with Crippen molar-refractivity contribution in [2.24, 2.45) is 0 Å². The molecule has 3 N–H and O–H groups in total. The Balaban J connectivity index is 1.96. The molecule has 0 saturated carbocycles. The van der Waals surface area contributed by atoms with Gasteiger partial charge in [-0.05, 0) is 36.8 Å². The number of rotatable bonds is 7. The second kappa shape index (κ2) is 8.04. The highest BCUT2D eigenvalue weighted by molar-refractivity contribution is 7.92. The first-order valence-corrected chi connectivity index (χ1v) is 10.8. The molecular weight excluding hydrogens is 394 g/mol. The molecule has 2 aromatic carbocycles. The first-order valence-electron chi connectivity index (χ1n) is 8.91. The van der Waals surface area contributed by atoms with Crippen molar-refractivity contribution < 1.29 is 22.7 Å². The smallest absolute Gasteiger partial charge is 0.258 e. The zero-order chi connectivity index (χ0) is 21.2. The summed E-state index contributed by atoms with van der Waals surface area (Å²) in [6, 6.07) is 10.3. The lowest BCUT2D eigenvalue weighted by Crippen LogP contribution is -2.11. The molecule has 1 heterocycles. The summed E-state index contributed by atoms with van der Waals surface area (Å²) in [6.07, 6.45) is 1.68. The van der Waals surface area contributed by atoms with Gasteiger partial charge in [-0.1, -0.05) is 6.92 Å². The molecule has 29 heavy (non-hydrogen) atoms. The number of carbonyl (C=O) groups is 1. The second-order valence-corrected chi connectivity index (χ2v) is 8.24. The number of anilines is 3. The molecule has 0 bridgehead atoms. The summed E-state index contributed by atoms with van der Waals surface area (Å²) in [5.74, 6) is 0.856. The Hall–Kier alpha value is -3.20. The van der Waals surface area contributed by atoms with Gasteiger partial charge < -0.3 is 20.1 Å². The maximum absolute atomic E-state index is 12.7. The largest absolute Gasteiger partial charge is 0.493 e. The molecule has 9 heteroatoms. The van der Waals surface area contributed by atoms with Crippen LogP contribution in [-0.2, 0) is 14.8 Å². The third-order valence-electron chi connectivity index (χ3n) is 4.41. The van der Waals surface area contributed by atoms with Crippen LogP contribution in [-0.4, -0.2) is 34.8 Å². The summed E-state index contributed by atoms with van der Waals surface area (Å²) in [4.78, 5) is 12.7. The van der Waals surface area contributed by atoms with Gasteiger partial charge >= 0.3 is 0 Å². The maximum atomic E-state index is 12.7. The van der Waals surface area contributed by atoms with E-state index in [9.17, 15) is 13.2 Å². The Morgan fingerprint density at radius 2 is 1.62 bits per heavy atom. The quantitative estimate of drug-likeness (QED) is 0.597. The van der Waals surface area contributed by atoms with Gasteiger partial charge in [0.15, 0.2) is 11.5 Å². The van der Waals surface area contributed by atoms with Crippen molar-refractivity contribution in [1.82, 2.24) is 0 Å². The fourth-order valence-corrected chi connectivity index (χ4v) is 3.70. The molecule has 0 radical (unpaired) electrons. The van der Waals surface area contributed by atoms with Crippen LogP contribution in [0.15, 0.2) is 42.1 Å². The summed E-state index contributed by atoms with van der Waals surface area (Å²) in [7, 11) is -0.253. The second-order valence-electron chi connectivity index (χ2n) is 6.49. The number of hydrogen-bond donors (Lipinski definition) is 3. The summed E-state index contributed by atoms with van der Waals surface area (Å²) >= 11 is 0. The lowest BCUT2D eigenvalue weighted by molar-refractivity contribution is -0.110. The maximum Gasteiger partial charge on any atom is 0.258 e. The minimum atomic E-state index is -3.34. The zero-order valence-corrected chi connectivity index (χ0v) is 17.4. The predicted molar refractivity (Wildman–Crippen MR) is 114 cm³/mol. The number of carbonyl (C=O) groups excluding carboxylic acids is 1. The van der Waals surface area contributed by atoms with Crippen LogP contribution in [0.25, 0.3) is 5.57 Å². The molecule has 0 unspecified atom stereocenters. The number of hydrogen-bond acceptors (Lipinski definition) is 6. The minimum Gasteiger partial charge on any atom is -0.493 e. The molecule has 154 valence electrons. The predicted octanol–water partition coefficient (Wildman–Crippen LogP) is 3.26. The Morgan fingerprint density at radius 3 is 2.17 bits per heavy atom. The number of nitrogens with one attached hydrogen (secondary N) is 3. The van der Waals surface area contributed by atoms with Crippen LogP contribution >= 0.6 is 0 Å². The summed E-state index contributed by atoms with van der Waals surface area (Å²) in [6.45, 7) is 1.95. The molecule has 1 amide bonds. The first-order chi connectivity index (χ1) is 13.8. The van der Waals surface area contributed by atoms with E-state index in [-0.39, 0.29) is 5.91 Å². The van der Waals surface area contributed by atoms with Gasteiger partial charge in [0, 0.05) is 28.7 Å². The molecule has 8 nitrogen and oxygen atoms in total. The van der Waals surface area contributed by atoms with Crippen molar-refractivity contribution in [3.8, 4) is 11.5 Å². The van der Waals surface area contributed by atoms with Crippen LogP contribution in [0, 0.1) is 0 Å². The fourth-order valence-electron chi connectivity index (χ4n) is 3.13. The number of amides is 1. The van der Waals surface area contributed by atoms with Gasteiger partial charge in [0.05, 0.1) is 31.7 Å². The average Bonchev–Trinajstić information content (AvgIpc) is 2.99. The third kappa shape index (κ3) is 4.45. The zero-order valence-electron chi connectivity index (χ0n) is 16.6. The molecule has 3 rings (SSSR count). The molecule has 0 atom stereocenters. The molecule has 0 spiro atoms. The molecule has 2 aromatic rings. The Labute approximate surface area is 170 Å². The van der Waals surface area contributed by atoms with E-state index in [2.05, 4.69) is 15.4 Å². The minimum absolute atomic E-state index is 0.213. The van der Waals surface area contributed by atoms with Crippen molar-refractivity contribution >= 4 is 38.6 Å². The van der Waals surface area contributed by atoms with Gasteiger partial charge in [-0.2, -0.15) is 0 Å². The van der Waals surface area contributed by atoms with E-state index in [1.807, 2.05) is 6.92 Å². The molecule has 1 aliphatic heterocycles. The van der Waals surface area contributed by atoms with Crippen LogP contribution in [0.3, 0.4) is 0 Å². The SMILES string of the molecule is CCC(Nc1ccc(NS(C)(=O)=O)cc1)=C1C(=O)Nc2cc(OC)c(OC)cc21. The lowest BCUT2D eigenvalue weighted by Gasteiger charge is -2.14. The van der Waals surface area contributed by atoms with E-state index in [0.29, 0.717) is 34.9 Å². The van der Waals surface area contributed by atoms with E-state index in [0.717, 1.165) is 23.2 Å². The van der Waals surface area contributed by atoms with Crippen LogP contribution in [0.2, 0.25) is 0 Å². The van der Waals surface area contributed by atoms with Crippen LogP contribution in [0.4, 0.5) is 17.1 Å². The number of sulfonamides is 1. The standard InChI is InChI=1S/C20H23N3O5S/c1-5-15(21-12-6-8-13(9-7-12)23-29(4,25)26)19-14-10-17(27-2)18(28-3)11-16(14)22-20(19)24/h6-11,21,23H,5H2,1-4H3,(H,22,24).